The van der Waals surface area contributed by atoms with Crippen LogP contribution in [-0.2, 0) is 6.54 Å². The molecule has 1 saturated carbocycles. The fraction of sp³-hybridized carbons (Fsp3) is 0.385. The quantitative estimate of drug-likeness (QED) is 0.872. The van der Waals surface area contributed by atoms with Crippen molar-refractivity contribution in [2.75, 3.05) is 5.32 Å². The van der Waals surface area contributed by atoms with Crippen molar-refractivity contribution < 1.29 is 0 Å². The first-order chi connectivity index (χ1) is 8.33. The summed E-state index contributed by atoms with van der Waals surface area (Å²) in [4.78, 5) is 8.76. The van der Waals surface area contributed by atoms with Crippen LogP contribution in [0.25, 0.3) is 0 Å². The zero-order valence-corrected chi connectivity index (χ0v) is 9.93. The number of anilines is 1. The Morgan fingerprint density at radius 2 is 2.24 bits per heavy atom. The number of pyridine rings is 1. The summed E-state index contributed by atoms with van der Waals surface area (Å²) in [5.41, 5.74) is 2.32. The molecule has 0 spiro atoms. The summed E-state index contributed by atoms with van der Waals surface area (Å²) in [5.74, 6) is 0.956. The van der Waals surface area contributed by atoms with E-state index in [1.54, 1.807) is 0 Å². The van der Waals surface area contributed by atoms with Crippen LogP contribution < -0.4 is 5.32 Å². The minimum absolute atomic E-state index is 0.626. The van der Waals surface area contributed by atoms with Crippen LogP contribution in [0.2, 0.25) is 0 Å². The molecular weight excluding hydrogens is 212 g/mol. The number of aryl methyl sites for hydroxylation is 1. The van der Waals surface area contributed by atoms with Crippen LogP contribution in [0.3, 0.4) is 0 Å². The van der Waals surface area contributed by atoms with E-state index < -0.39 is 0 Å². The third-order valence-corrected chi connectivity index (χ3v) is 3.06. The number of nitrogens with zero attached hydrogens (tertiary/aromatic N) is 3. The number of aromatic nitrogens is 3. The molecule has 1 fully saturated rings. The zero-order valence-electron chi connectivity index (χ0n) is 9.93. The molecule has 17 heavy (non-hydrogen) atoms. The third kappa shape index (κ3) is 2.30. The van der Waals surface area contributed by atoms with Crippen LogP contribution in [0.1, 0.15) is 24.1 Å². The van der Waals surface area contributed by atoms with Crippen LogP contribution >= 0.6 is 0 Å². The van der Waals surface area contributed by atoms with Crippen LogP contribution in [0.4, 0.5) is 5.95 Å². The lowest BCUT2D eigenvalue weighted by Gasteiger charge is -2.10. The average Bonchev–Trinajstić information content (AvgIpc) is 3.03. The maximum Gasteiger partial charge on any atom is 0.203 e. The lowest BCUT2D eigenvalue weighted by molar-refractivity contribution is 0.767. The lowest BCUT2D eigenvalue weighted by atomic mass is 10.2. The van der Waals surface area contributed by atoms with E-state index >= 15 is 0 Å². The standard InChI is InChI=1S/C13H16N4/c1-10-3-2-6-14-12(10)9-17-8-7-15-13(17)16-11-4-5-11/h2-3,6-8,11H,4-5,9H2,1H3,(H,15,16). The molecule has 0 atom stereocenters. The van der Waals surface area contributed by atoms with Crippen molar-refractivity contribution in [3.05, 3.63) is 42.0 Å². The smallest absolute Gasteiger partial charge is 0.203 e. The van der Waals surface area contributed by atoms with Gasteiger partial charge in [0.2, 0.25) is 5.95 Å². The topological polar surface area (TPSA) is 42.7 Å². The van der Waals surface area contributed by atoms with E-state index in [1.165, 1.54) is 18.4 Å². The number of hydrogen-bond donors (Lipinski definition) is 1. The molecule has 4 heteroatoms. The fourth-order valence-electron chi connectivity index (χ4n) is 1.83. The summed E-state index contributed by atoms with van der Waals surface area (Å²) < 4.78 is 2.12. The maximum absolute atomic E-state index is 4.41. The highest BCUT2D eigenvalue weighted by molar-refractivity contribution is 5.31. The van der Waals surface area contributed by atoms with E-state index in [0.29, 0.717) is 6.04 Å². The number of nitrogens with one attached hydrogen (secondary N) is 1. The lowest BCUT2D eigenvalue weighted by Crippen LogP contribution is -2.10. The minimum Gasteiger partial charge on any atom is -0.353 e. The Labute approximate surface area is 101 Å². The van der Waals surface area contributed by atoms with Gasteiger partial charge in [0.05, 0.1) is 12.2 Å². The van der Waals surface area contributed by atoms with Gasteiger partial charge in [0.15, 0.2) is 0 Å². The summed E-state index contributed by atoms with van der Waals surface area (Å²) >= 11 is 0. The molecule has 88 valence electrons. The fourth-order valence-corrected chi connectivity index (χ4v) is 1.83. The van der Waals surface area contributed by atoms with Gasteiger partial charge in [-0.25, -0.2) is 4.98 Å². The normalized spacial score (nSPS) is 14.9. The van der Waals surface area contributed by atoms with E-state index in [4.69, 9.17) is 0 Å². The van der Waals surface area contributed by atoms with E-state index in [-0.39, 0.29) is 0 Å². The Hall–Kier alpha value is -1.84. The molecule has 0 bridgehead atoms. The van der Waals surface area contributed by atoms with Crippen molar-refractivity contribution in [1.82, 2.24) is 14.5 Å². The van der Waals surface area contributed by atoms with E-state index in [9.17, 15) is 0 Å². The monoisotopic (exact) mass is 228 g/mol. The molecule has 2 heterocycles. The molecule has 0 amide bonds. The molecule has 1 aliphatic carbocycles. The molecule has 0 aromatic carbocycles. The van der Waals surface area contributed by atoms with Crippen molar-refractivity contribution >= 4 is 5.95 Å². The number of rotatable bonds is 4. The minimum atomic E-state index is 0.626. The molecule has 0 unspecified atom stereocenters. The molecule has 1 aliphatic rings. The van der Waals surface area contributed by atoms with Crippen molar-refractivity contribution in [2.45, 2.75) is 32.4 Å². The Bertz CT molecular complexity index is 514. The van der Waals surface area contributed by atoms with Crippen molar-refractivity contribution in [2.24, 2.45) is 0 Å². The van der Waals surface area contributed by atoms with Gasteiger partial charge < -0.3 is 9.88 Å². The summed E-state index contributed by atoms with van der Waals surface area (Å²) in [7, 11) is 0. The van der Waals surface area contributed by atoms with Crippen LogP contribution in [0, 0.1) is 6.92 Å². The first kappa shape index (κ1) is 10.3. The van der Waals surface area contributed by atoms with Gasteiger partial charge in [-0.05, 0) is 31.4 Å². The van der Waals surface area contributed by atoms with Gasteiger partial charge in [0, 0.05) is 24.6 Å². The molecule has 1 N–H and O–H groups in total. The second-order valence-electron chi connectivity index (χ2n) is 4.56. The molecular formula is C13H16N4. The van der Waals surface area contributed by atoms with E-state index in [2.05, 4.69) is 32.8 Å². The van der Waals surface area contributed by atoms with E-state index in [0.717, 1.165) is 18.2 Å². The second-order valence-corrected chi connectivity index (χ2v) is 4.56. The van der Waals surface area contributed by atoms with Crippen LogP contribution in [0.5, 0.6) is 0 Å². The Morgan fingerprint density at radius 3 is 3.00 bits per heavy atom. The molecule has 2 aromatic rings. The molecule has 0 aliphatic heterocycles. The Morgan fingerprint density at radius 1 is 1.35 bits per heavy atom. The van der Waals surface area contributed by atoms with Crippen molar-refractivity contribution in [3.63, 3.8) is 0 Å². The van der Waals surface area contributed by atoms with E-state index in [1.807, 2.05) is 24.7 Å². The molecule has 2 aromatic heterocycles. The van der Waals surface area contributed by atoms with Gasteiger partial charge in [0.1, 0.15) is 0 Å². The van der Waals surface area contributed by atoms with Gasteiger partial charge in [-0.2, -0.15) is 0 Å². The van der Waals surface area contributed by atoms with Gasteiger partial charge in [-0.3, -0.25) is 4.98 Å². The number of hydrogen-bond acceptors (Lipinski definition) is 3. The second kappa shape index (κ2) is 4.20. The Balaban J connectivity index is 1.80. The summed E-state index contributed by atoms with van der Waals surface area (Å²) in [6, 6.07) is 4.68. The SMILES string of the molecule is Cc1cccnc1Cn1ccnc1NC1CC1. The summed E-state index contributed by atoms with van der Waals surface area (Å²) in [6.07, 6.45) is 8.19. The largest absolute Gasteiger partial charge is 0.353 e. The Kier molecular flexibility index (Phi) is 2.55. The van der Waals surface area contributed by atoms with Gasteiger partial charge >= 0.3 is 0 Å². The molecule has 0 radical (unpaired) electrons. The predicted octanol–water partition coefficient (Wildman–Crippen LogP) is 2.21. The van der Waals surface area contributed by atoms with Crippen molar-refractivity contribution in [3.8, 4) is 0 Å². The average molecular weight is 228 g/mol. The third-order valence-electron chi connectivity index (χ3n) is 3.06. The highest BCUT2D eigenvalue weighted by atomic mass is 15.2. The van der Waals surface area contributed by atoms with Crippen LogP contribution in [-0.4, -0.2) is 20.6 Å². The maximum atomic E-state index is 4.41. The first-order valence-corrected chi connectivity index (χ1v) is 6.01. The summed E-state index contributed by atoms with van der Waals surface area (Å²) in [6.45, 7) is 2.87. The molecule has 0 saturated heterocycles. The molecule has 3 rings (SSSR count). The van der Waals surface area contributed by atoms with Gasteiger partial charge in [-0.15, -0.1) is 0 Å². The molecule has 4 nitrogen and oxygen atoms in total. The van der Waals surface area contributed by atoms with Crippen LogP contribution in [0.15, 0.2) is 30.7 Å². The highest BCUT2D eigenvalue weighted by Crippen LogP contribution is 2.24. The van der Waals surface area contributed by atoms with Gasteiger partial charge in [0.25, 0.3) is 0 Å². The van der Waals surface area contributed by atoms with Crippen molar-refractivity contribution in [1.29, 1.82) is 0 Å². The predicted molar refractivity (Wildman–Crippen MR) is 66.9 cm³/mol. The first-order valence-electron chi connectivity index (χ1n) is 6.01. The zero-order chi connectivity index (χ0) is 11.7. The highest BCUT2D eigenvalue weighted by Gasteiger charge is 2.22. The summed E-state index contributed by atoms with van der Waals surface area (Å²) in [5, 5.41) is 3.43. The van der Waals surface area contributed by atoms with Gasteiger partial charge in [-0.1, -0.05) is 6.07 Å². The number of imidazole rings is 1.